The topological polar surface area (TPSA) is 83.6 Å². The van der Waals surface area contributed by atoms with Crippen LogP contribution in [-0.4, -0.2) is 51.3 Å². The molecule has 0 bridgehead atoms. The Balaban J connectivity index is 5.35. The fourth-order valence-electron chi connectivity index (χ4n) is 2.25. The molecule has 0 saturated carbocycles. The van der Waals surface area contributed by atoms with E-state index in [0.29, 0.717) is 6.42 Å². The van der Waals surface area contributed by atoms with E-state index in [1.54, 1.807) is 27.7 Å². The van der Waals surface area contributed by atoms with Crippen molar-refractivity contribution in [1.82, 2.24) is 9.03 Å². The Morgan fingerprint density at radius 2 is 1.62 bits per heavy atom. The van der Waals surface area contributed by atoms with Crippen LogP contribution in [0.2, 0.25) is 0 Å². The number of nitrogens with one attached hydrogen (secondary N) is 1. The fraction of sp³-hybridized carbons (Fsp3) is 1.00. The van der Waals surface area contributed by atoms with Crippen LogP contribution in [0.4, 0.5) is 0 Å². The summed E-state index contributed by atoms with van der Waals surface area (Å²) in [6, 6.07) is -0.176. The van der Waals surface area contributed by atoms with Gasteiger partial charge in [-0.3, -0.25) is 0 Å². The Labute approximate surface area is 130 Å². The predicted molar refractivity (Wildman–Crippen MR) is 87.2 cm³/mol. The Hall–Kier alpha value is -0.180. The first-order valence-corrected chi connectivity index (χ1v) is 10.6. The maximum absolute atomic E-state index is 12.4. The Morgan fingerprint density at radius 1 is 1.14 bits per heavy atom. The smallest absolute Gasteiger partial charge is 0.212 e. The van der Waals surface area contributed by atoms with E-state index in [4.69, 9.17) is 0 Å². The van der Waals surface area contributed by atoms with E-state index in [2.05, 4.69) is 4.72 Å². The first-order chi connectivity index (χ1) is 9.24. The van der Waals surface area contributed by atoms with Gasteiger partial charge in [0.2, 0.25) is 20.0 Å². The third-order valence-electron chi connectivity index (χ3n) is 3.53. The molecule has 128 valence electrons. The highest BCUT2D eigenvalue weighted by Crippen LogP contribution is 2.26. The number of nitrogens with zero attached hydrogens (tertiary/aromatic N) is 1. The van der Waals surface area contributed by atoms with E-state index in [-0.39, 0.29) is 12.5 Å². The first-order valence-electron chi connectivity index (χ1n) is 7.19. The molecule has 0 radical (unpaired) electrons. The van der Waals surface area contributed by atoms with Gasteiger partial charge >= 0.3 is 0 Å². The van der Waals surface area contributed by atoms with Gasteiger partial charge in [0, 0.05) is 18.6 Å². The summed E-state index contributed by atoms with van der Waals surface area (Å²) < 4.78 is 52.1. The number of hydrogen-bond donors (Lipinski definition) is 1. The van der Waals surface area contributed by atoms with Gasteiger partial charge in [0.05, 0.1) is 11.5 Å². The third kappa shape index (κ3) is 6.63. The highest BCUT2D eigenvalue weighted by Gasteiger charge is 2.37. The second-order valence-electron chi connectivity index (χ2n) is 6.48. The van der Waals surface area contributed by atoms with Crippen molar-refractivity contribution >= 4 is 20.0 Å². The Bertz CT molecular complexity index is 524. The predicted octanol–water partition coefficient (Wildman–Crippen LogP) is 1.54. The summed E-state index contributed by atoms with van der Waals surface area (Å²) in [4.78, 5) is 0. The van der Waals surface area contributed by atoms with E-state index < -0.39 is 30.8 Å². The summed E-state index contributed by atoms with van der Waals surface area (Å²) in [5, 5.41) is -0.607. The van der Waals surface area contributed by atoms with Crippen molar-refractivity contribution < 1.29 is 16.8 Å². The molecule has 0 amide bonds. The van der Waals surface area contributed by atoms with Gasteiger partial charge < -0.3 is 0 Å². The van der Waals surface area contributed by atoms with Crippen LogP contribution < -0.4 is 4.72 Å². The second kappa shape index (κ2) is 7.39. The summed E-state index contributed by atoms with van der Waals surface area (Å²) in [7, 11) is -5.35. The number of rotatable bonds is 9. The van der Waals surface area contributed by atoms with Crippen molar-refractivity contribution in [2.75, 3.05) is 13.3 Å². The summed E-state index contributed by atoms with van der Waals surface area (Å²) >= 11 is 0. The highest BCUT2D eigenvalue weighted by molar-refractivity contribution is 7.90. The van der Waals surface area contributed by atoms with Gasteiger partial charge in [-0.25, -0.2) is 21.6 Å². The maximum atomic E-state index is 12.4. The molecular weight excluding hydrogens is 312 g/mol. The van der Waals surface area contributed by atoms with Gasteiger partial charge in [-0.1, -0.05) is 13.3 Å². The molecule has 0 spiro atoms. The lowest BCUT2D eigenvalue weighted by Crippen LogP contribution is -2.49. The van der Waals surface area contributed by atoms with E-state index in [1.807, 2.05) is 6.92 Å². The minimum Gasteiger partial charge on any atom is -0.212 e. The molecule has 0 aliphatic rings. The van der Waals surface area contributed by atoms with Gasteiger partial charge in [-0.15, -0.1) is 0 Å². The van der Waals surface area contributed by atoms with E-state index >= 15 is 0 Å². The zero-order valence-electron chi connectivity index (χ0n) is 14.2. The van der Waals surface area contributed by atoms with Gasteiger partial charge in [0.25, 0.3) is 0 Å². The summed E-state index contributed by atoms with van der Waals surface area (Å²) in [6.45, 7) is 8.97. The normalized spacial score (nSPS) is 15.7. The molecule has 6 nitrogen and oxygen atoms in total. The minimum atomic E-state index is -3.47. The lowest BCUT2D eigenvalue weighted by molar-refractivity contribution is 0.243. The molecule has 0 aromatic heterocycles. The highest BCUT2D eigenvalue weighted by atomic mass is 32.2. The van der Waals surface area contributed by atoms with Gasteiger partial charge in [-0.2, -0.15) is 4.31 Å². The molecule has 0 aliphatic carbocycles. The average molecular weight is 343 g/mol. The van der Waals surface area contributed by atoms with Crippen molar-refractivity contribution in [1.29, 1.82) is 0 Å². The molecule has 0 aromatic rings. The molecule has 21 heavy (non-hydrogen) atoms. The number of sulfonamides is 2. The van der Waals surface area contributed by atoms with Crippen LogP contribution in [0.25, 0.3) is 0 Å². The molecule has 0 heterocycles. The molecule has 0 rings (SSSR count). The third-order valence-corrected chi connectivity index (χ3v) is 7.10. The van der Waals surface area contributed by atoms with Gasteiger partial charge in [0.15, 0.2) is 0 Å². The second-order valence-corrected chi connectivity index (χ2v) is 10.5. The van der Waals surface area contributed by atoms with Crippen molar-refractivity contribution in [3.8, 4) is 0 Å². The van der Waals surface area contributed by atoms with E-state index in [1.165, 1.54) is 11.4 Å². The van der Waals surface area contributed by atoms with Crippen molar-refractivity contribution in [3.63, 3.8) is 0 Å². The molecule has 8 heteroatoms. The van der Waals surface area contributed by atoms with Crippen LogP contribution in [0.5, 0.6) is 0 Å². The quantitative estimate of drug-likeness (QED) is 0.689. The monoisotopic (exact) mass is 342 g/mol. The number of hydrogen-bond acceptors (Lipinski definition) is 4. The van der Waals surface area contributed by atoms with Crippen LogP contribution in [0.15, 0.2) is 0 Å². The Kier molecular flexibility index (Phi) is 7.33. The summed E-state index contributed by atoms with van der Waals surface area (Å²) in [6.07, 6.45) is 2.61. The van der Waals surface area contributed by atoms with E-state index in [0.717, 1.165) is 12.7 Å². The van der Waals surface area contributed by atoms with Gasteiger partial charge in [0.1, 0.15) is 0 Å². The molecule has 1 N–H and O–H groups in total. The minimum absolute atomic E-state index is 0.176. The zero-order chi connectivity index (χ0) is 17.1. The first kappa shape index (κ1) is 20.8. The lowest BCUT2D eigenvalue weighted by atomic mass is 9.96. The molecular formula is C13H30N2O4S2. The zero-order valence-corrected chi connectivity index (χ0v) is 15.8. The van der Waals surface area contributed by atoms with Crippen LogP contribution in [0.3, 0.4) is 0 Å². The van der Waals surface area contributed by atoms with Gasteiger partial charge in [-0.05, 0) is 40.5 Å². The molecule has 0 saturated heterocycles. The standard InChI is InChI=1S/C13H30N2O4S2/c1-8-9-12(21(18,19)14-11(2)3)10-13(4,5)15(6)20(7,16)17/h11-12,14H,8-10H2,1-7H3. The van der Waals surface area contributed by atoms with Crippen LogP contribution in [-0.2, 0) is 20.0 Å². The molecule has 0 aromatic carbocycles. The summed E-state index contributed by atoms with van der Waals surface area (Å²) in [5.41, 5.74) is -0.765. The van der Waals surface area contributed by atoms with Crippen LogP contribution >= 0.6 is 0 Å². The van der Waals surface area contributed by atoms with Crippen molar-refractivity contribution in [2.45, 2.75) is 70.7 Å². The molecule has 0 aliphatic heterocycles. The molecule has 1 atom stereocenters. The molecule has 0 fully saturated rings. The maximum Gasteiger partial charge on any atom is 0.214 e. The molecule has 1 unspecified atom stereocenters. The Morgan fingerprint density at radius 3 is 1.95 bits per heavy atom. The van der Waals surface area contributed by atoms with E-state index in [9.17, 15) is 16.8 Å². The fourth-order valence-corrected chi connectivity index (χ4v) is 5.24. The van der Waals surface area contributed by atoms with Crippen LogP contribution in [0.1, 0.15) is 53.9 Å². The lowest BCUT2D eigenvalue weighted by Gasteiger charge is -2.36. The SMILES string of the molecule is CCCC(CC(C)(C)N(C)S(C)(=O)=O)S(=O)(=O)NC(C)C. The van der Waals surface area contributed by atoms with Crippen molar-refractivity contribution in [2.24, 2.45) is 0 Å². The average Bonchev–Trinajstić information content (AvgIpc) is 2.24. The largest absolute Gasteiger partial charge is 0.214 e. The van der Waals surface area contributed by atoms with Crippen molar-refractivity contribution in [3.05, 3.63) is 0 Å². The summed E-state index contributed by atoms with van der Waals surface area (Å²) in [5.74, 6) is 0. The van der Waals surface area contributed by atoms with Crippen LogP contribution in [0, 0.1) is 0 Å².